The van der Waals surface area contributed by atoms with E-state index in [2.05, 4.69) is 9.97 Å². The van der Waals surface area contributed by atoms with Crippen LogP contribution >= 0.6 is 0 Å². The van der Waals surface area contributed by atoms with Crippen LogP contribution in [0.3, 0.4) is 0 Å². The summed E-state index contributed by atoms with van der Waals surface area (Å²) < 4.78 is 0. The molecule has 11 heavy (non-hydrogen) atoms. The Balaban J connectivity index is 2.39. The van der Waals surface area contributed by atoms with Crippen molar-refractivity contribution in [2.45, 2.75) is 25.9 Å². The summed E-state index contributed by atoms with van der Waals surface area (Å²) in [5.41, 5.74) is 0.987. The van der Waals surface area contributed by atoms with Crippen molar-refractivity contribution in [2.75, 3.05) is 0 Å². The highest BCUT2D eigenvalue weighted by atomic mass is 16.3. The average molecular weight is 152 g/mol. The Morgan fingerprint density at radius 2 is 2.45 bits per heavy atom. The molecule has 1 N–H and O–H groups in total. The molecule has 0 bridgehead atoms. The molecule has 0 aromatic carbocycles. The number of nitrogens with zero attached hydrogens (tertiary/aromatic N) is 2. The van der Waals surface area contributed by atoms with Crippen molar-refractivity contribution in [1.29, 1.82) is 0 Å². The van der Waals surface area contributed by atoms with Gasteiger partial charge in [0.2, 0.25) is 0 Å². The second-order valence-corrected chi connectivity index (χ2v) is 2.59. The summed E-state index contributed by atoms with van der Waals surface area (Å²) in [6, 6.07) is 1.86. The maximum Gasteiger partial charge on any atom is 0.115 e. The number of rotatable bonds is 3. The van der Waals surface area contributed by atoms with Gasteiger partial charge in [0.15, 0.2) is 0 Å². The van der Waals surface area contributed by atoms with Gasteiger partial charge in [-0.1, -0.05) is 0 Å². The van der Waals surface area contributed by atoms with Crippen LogP contribution in [0.4, 0.5) is 0 Å². The van der Waals surface area contributed by atoms with Gasteiger partial charge >= 0.3 is 0 Å². The van der Waals surface area contributed by atoms with Gasteiger partial charge in [0, 0.05) is 11.9 Å². The summed E-state index contributed by atoms with van der Waals surface area (Å²) in [7, 11) is 0. The summed E-state index contributed by atoms with van der Waals surface area (Å²) in [5.74, 6) is 0. The fraction of sp³-hybridized carbons (Fsp3) is 0.500. The number of aliphatic hydroxyl groups is 1. The van der Waals surface area contributed by atoms with Gasteiger partial charge < -0.3 is 5.11 Å². The Kier molecular flexibility index (Phi) is 2.98. The fourth-order valence-corrected chi connectivity index (χ4v) is 0.823. The molecule has 0 saturated carbocycles. The summed E-state index contributed by atoms with van der Waals surface area (Å²) in [5, 5.41) is 8.97. The van der Waals surface area contributed by atoms with Gasteiger partial charge in [-0.05, 0) is 25.8 Å². The van der Waals surface area contributed by atoms with Crippen molar-refractivity contribution in [3.8, 4) is 0 Å². The molecule has 0 aliphatic rings. The Bertz CT molecular complexity index is 199. The lowest BCUT2D eigenvalue weighted by Crippen LogP contribution is -2.02. The molecule has 0 unspecified atom stereocenters. The first-order chi connectivity index (χ1) is 5.29. The summed E-state index contributed by atoms with van der Waals surface area (Å²) in [6.45, 7) is 1.78. The lowest BCUT2D eigenvalue weighted by atomic mass is 10.2. The molecule has 0 spiro atoms. The van der Waals surface area contributed by atoms with E-state index in [0.29, 0.717) is 0 Å². The van der Waals surface area contributed by atoms with Gasteiger partial charge in [0.1, 0.15) is 6.33 Å². The number of aromatic nitrogens is 2. The SMILES string of the molecule is C[C@H](O)CCc1ccncn1. The van der Waals surface area contributed by atoms with E-state index in [1.54, 1.807) is 13.1 Å². The Labute approximate surface area is 66.1 Å². The van der Waals surface area contributed by atoms with Crippen molar-refractivity contribution in [1.82, 2.24) is 9.97 Å². The Hall–Kier alpha value is -0.960. The van der Waals surface area contributed by atoms with Crippen LogP contribution in [0, 0.1) is 0 Å². The molecule has 60 valence electrons. The van der Waals surface area contributed by atoms with Crippen LogP contribution in [-0.4, -0.2) is 21.2 Å². The van der Waals surface area contributed by atoms with E-state index in [1.807, 2.05) is 6.07 Å². The van der Waals surface area contributed by atoms with E-state index in [-0.39, 0.29) is 6.10 Å². The highest BCUT2D eigenvalue weighted by molar-refractivity contribution is 4.97. The molecular formula is C8H12N2O. The highest BCUT2D eigenvalue weighted by Gasteiger charge is 1.97. The molecular weight excluding hydrogens is 140 g/mol. The summed E-state index contributed by atoms with van der Waals surface area (Å²) in [4.78, 5) is 7.83. The Morgan fingerprint density at radius 1 is 1.64 bits per heavy atom. The van der Waals surface area contributed by atoms with Gasteiger partial charge in [-0.15, -0.1) is 0 Å². The smallest absolute Gasteiger partial charge is 0.115 e. The number of aliphatic hydroxyl groups excluding tert-OH is 1. The third-order valence-electron chi connectivity index (χ3n) is 1.46. The van der Waals surface area contributed by atoms with Crippen LogP contribution < -0.4 is 0 Å². The van der Waals surface area contributed by atoms with Crippen molar-refractivity contribution < 1.29 is 5.11 Å². The molecule has 1 atom stereocenters. The normalized spacial score (nSPS) is 12.9. The van der Waals surface area contributed by atoms with Gasteiger partial charge in [0.25, 0.3) is 0 Å². The molecule has 3 heteroatoms. The number of hydrogen-bond donors (Lipinski definition) is 1. The number of hydrogen-bond acceptors (Lipinski definition) is 3. The first-order valence-corrected chi connectivity index (χ1v) is 3.72. The molecule has 0 radical (unpaired) electrons. The third-order valence-corrected chi connectivity index (χ3v) is 1.46. The Morgan fingerprint density at radius 3 is 3.00 bits per heavy atom. The second-order valence-electron chi connectivity index (χ2n) is 2.59. The minimum Gasteiger partial charge on any atom is -0.393 e. The van der Waals surface area contributed by atoms with Crippen molar-refractivity contribution in [2.24, 2.45) is 0 Å². The van der Waals surface area contributed by atoms with Gasteiger partial charge in [-0.2, -0.15) is 0 Å². The zero-order valence-corrected chi connectivity index (χ0v) is 6.57. The molecule has 1 aromatic heterocycles. The lowest BCUT2D eigenvalue weighted by molar-refractivity contribution is 0.184. The van der Waals surface area contributed by atoms with Crippen LogP contribution in [-0.2, 0) is 6.42 Å². The van der Waals surface area contributed by atoms with E-state index < -0.39 is 0 Å². The minimum absolute atomic E-state index is 0.245. The molecule has 3 nitrogen and oxygen atoms in total. The molecule has 1 aromatic rings. The number of aryl methyl sites for hydroxylation is 1. The molecule has 1 rings (SSSR count). The first-order valence-electron chi connectivity index (χ1n) is 3.72. The second kappa shape index (κ2) is 4.03. The summed E-state index contributed by atoms with van der Waals surface area (Å²) in [6.07, 6.45) is 4.57. The molecule has 0 amide bonds. The van der Waals surface area contributed by atoms with Crippen LogP contribution in [0.15, 0.2) is 18.6 Å². The lowest BCUT2D eigenvalue weighted by Gasteiger charge is -2.01. The quantitative estimate of drug-likeness (QED) is 0.696. The molecule has 0 aliphatic heterocycles. The van der Waals surface area contributed by atoms with E-state index in [4.69, 9.17) is 5.11 Å². The van der Waals surface area contributed by atoms with Crippen molar-refractivity contribution in [3.63, 3.8) is 0 Å². The van der Waals surface area contributed by atoms with Crippen molar-refractivity contribution >= 4 is 0 Å². The minimum atomic E-state index is -0.245. The third kappa shape index (κ3) is 3.09. The predicted octanol–water partition coefficient (Wildman–Crippen LogP) is 0.790. The first kappa shape index (κ1) is 8.14. The summed E-state index contributed by atoms with van der Waals surface area (Å²) >= 11 is 0. The van der Waals surface area contributed by atoms with Gasteiger partial charge in [-0.3, -0.25) is 0 Å². The van der Waals surface area contributed by atoms with Gasteiger partial charge in [-0.25, -0.2) is 9.97 Å². The van der Waals surface area contributed by atoms with E-state index >= 15 is 0 Å². The molecule has 0 fully saturated rings. The largest absolute Gasteiger partial charge is 0.393 e. The molecule has 0 saturated heterocycles. The van der Waals surface area contributed by atoms with Crippen LogP contribution in [0.25, 0.3) is 0 Å². The fourth-order valence-electron chi connectivity index (χ4n) is 0.823. The zero-order valence-electron chi connectivity index (χ0n) is 6.57. The predicted molar refractivity (Wildman–Crippen MR) is 42.0 cm³/mol. The zero-order chi connectivity index (χ0) is 8.10. The highest BCUT2D eigenvalue weighted by Crippen LogP contribution is 1.99. The maximum atomic E-state index is 8.97. The van der Waals surface area contributed by atoms with Crippen molar-refractivity contribution in [3.05, 3.63) is 24.3 Å². The van der Waals surface area contributed by atoms with E-state index in [0.717, 1.165) is 18.5 Å². The van der Waals surface area contributed by atoms with Crippen LogP contribution in [0.1, 0.15) is 19.0 Å². The topological polar surface area (TPSA) is 46.0 Å². The average Bonchev–Trinajstić information content (AvgIpc) is 2.03. The van der Waals surface area contributed by atoms with Gasteiger partial charge in [0.05, 0.1) is 6.10 Å². The van der Waals surface area contributed by atoms with Crippen LogP contribution in [0.2, 0.25) is 0 Å². The maximum absolute atomic E-state index is 8.97. The standard InChI is InChI=1S/C8H12N2O/c1-7(11)2-3-8-4-5-9-6-10-8/h4-7,11H,2-3H2,1H3/t7-/m0/s1. The molecule has 0 aliphatic carbocycles. The van der Waals surface area contributed by atoms with Crippen LogP contribution in [0.5, 0.6) is 0 Å². The van der Waals surface area contributed by atoms with E-state index in [1.165, 1.54) is 6.33 Å². The van der Waals surface area contributed by atoms with E-state index in [9.17, 15) is 0 Å². The monoisotopic (exact) mass is 152 g/mol. The molecule has 1 heterocycles.